The monoisotopic (exact) mass is 387 g/mol. The Labute approximate surface area is 161 Å². The van der Waals surface area contributed by atoms with Crippen molar-refractivity contribution in [3.05, 3.63) is 34.9 Å². The summed E-state index contributed by atoms with van der Waals surface area (Å²) in [5.41, 5.74) is 0.125. The lowest BCUT2D eigenvalue weighted by molar-refractivity contribution is -0.147. The minimum Gasteiger partial charge on any atom is -0.463 e. The molecule has 1 saturated carbocycles. The van der Waals surface area contributed by atoms with E-state index in [1.54, 1.807) is 0 Å². The molecule has 1 aromatic rings. The van der Waals surface area contributed by atoms with Gasteiger partial charge in [-0.15, -0.1) is 12.4 Å². The summed E-state index contributed by atoms with van der Waals surface area (Å²) in [5.74, 6) is -0.0137. The van der Waals surface area contributed by atoms with Crippen LogP contribution in [0.4, 0.5) is 0 Å². The van der Waals surface area contributed by atoms with Crippen LogP contribution in [-0.4, -0.2) is 24.4 Å². The van der Waals surface area contributed by atoms with E-state index in [0.717, 1.165) is 24.8 Å². The molecule has 25 heavy (non-hydrogen) atoms. The van der Waals surface area contributed by atoms with Gasteiger partial charge in [0.25, 0.3) is 0 Å². The molecule has 1 aliphatic carbocycles. The highest BCUT2D eigenvalue weighted by Crippen LogP contribution is 2.37. The van der Waals surface area contributed by atoms with Crippen LogP contribution >= 0.6 is 24.0 Å². The molecule has 0 aliphatic heterocycles. The number of carbonyl (C=O) groups excluding carboxylic acids is 2. The number of esters is 1. The van der Waals surface area contributed by atoms with Crippen molar-refractivity contribution < 1.29 is 14.3 Å². The Morgan fingerprint density at radius 2 is 2.04 bits per heavy atom. The van der Waals surface area contributed by atoms with E-state index in [9.17, 15) is 9.59 Å². The normalized spacial score (nSPS) is 20.2. The molecule has 0 heterocycles. The molecule has 0 bridgehead atoms. The number of rotatable bonds is 7. The maximum atomic E-state index is 12.7. The first-order chi connectivity index (χ1) is 11.5. The smallest absolute Gasteiger partial charge is 0.306 e. The van der Waals surface area contributed by atoms with Crippen LogP contribution in [0.2, 0.25) is 5.02 Å². The molecule has 0 amide bonds. The van der Waals surface area contributed by atoms with Gasteiger partial charge >= 0.3 is 5.97 Å². The minimum absolute atomic E-state index is 0. The van der Waals surface area contributed by atoms with Crippen LogP contribution in [0.5, 0.6) is 0 Å². The molecule has 0 radical (unpaired) electrons. The lowest BCUT2D eigenvalue weighted by Crippen LogP contribution is -2.51. The van der Waals surface area contributed by atoms with Crippen LogP contribution in [0.1, 0.15) is 57.9 Å². The van der Waals surface area contributed by atoms with Crippen molar-refractivity contribution >= 4 is 35.8 Å². The first kappa shape index (κ1) is 21.9. The molecule has 1 fully saturated rings. The fourth-order valence-corrected chi connectivity index (χ4v) is 3.56. The third-order valence-corrected chi connectivity index (χ3v) is 4.70. The zero-order valence-electron chi connectivity index (χ0n) is 14.8. The van der Waals surface area contributed by atoms with Gasteiger partial charge in [-0.1, -0.05) is 36.2 Å². The van der Waals surface area contributed by atoms with Crippen LogP contribution in [0.25, 0.3) is 0 Å². The van der Waals surface area contributed by atoms with Crippen LogP contribution in [0.15, 0.2) is 24.3 Å². The van der Waals surface area contributed by atoms with E-state index in [2.05, 4.69) is 5.32 Å². The number of benzene rings is 1. The number of ether oxygens (including phenoxy) is 1. The second-order valence-electron chi connectivity index (χ2n) is 6.58. The Bertz CT molecular complexity index is 592. The molecule has 1 aromatic carbocycles. The molecule has 1 aliphatic rings. The van der Waals surface area contributed by atoms with Crippen LogP contribution in [-0.2, 0) is 19.9 Å². The van der Waals surface area contributed by atoms with Crippen molar-refractivity contribution in [1.29, 1.82) is 0 Å². The van der Waals surface area contributed by atoms with Crippen molar-refractivity contribution in [2.24, 2.45) is 0 Å². The van der Waals surface area contributed by atoms with Gasteiger partial charge in [0.05, 0.1) is 6.10 Å². The maximum Gasteiger partial charge on any atom is 0.306 e. The molecular formula is C19H27Cl2NO3. The Morgan fingerprint density at radius 1 is 1.32 bits per heavy atom. The number of hydrogen-bond acceptors (Lipinski definition) is 4. The third kappa shape index (κ3) is 5.70. The Kier molecular flexibility index (Phi) is 8.91. The number of nitrogens with one attached hydrogen (secondary N) is 1. The molecule has 0 aromatic heterocycles. The zero-order valence-corrected chi connectivity index (χ0v) is 16.4. The topological polar surface area (TPSA) is 55.4 Å². The molecule has 1 atom stereocenters. The summed E-state index contributed by atoms with van der Waals surface area (Å²) in [6.45, 7) is 4.25. The maximum absolute atomic E-state index is 12.7. The Hall–Kier alpha value is -1.10. The molecule has 1 unspecified atom stereocenters. The Morgan fingerprint density at radius 3 is 2.68 bits per heavy atom. The van der Waals surface area contributed by atoms with E-state index in [1.807, 2.05) is 38.1 Å². The molecule has 4 nitrogen and oxygen atoms in total. The summed E-state index contributed by atoms with van der Waals surface area (Å²) in [4.78, 5) is 24.4. The molecule has 0 spiro atoms. The highest BCUT2D eigenvalue weighted by Gasteiger charge is 2.41. The summed E-state index contributed by atoms with van der Waals surface area (Å²) in [6.07, 6.45) is 4.09. The quantitative estimate of drug-likeness (QED) is 0.555. The van der Waals surface area contributed by atoms with Crippen molar-refractivity contribution in [2.75, 3.05) is 6.54 Å². The number of ketones is 1. The highest BCUT2D eigenvalue weighted by atomic mass is 35.5. The predicted molar refractivity (Wildman–Crippen MR) is 102 cm³/mol. The fourth-order valence-electron chi connectivity index (χ4n) is 3.26. The van der Waals surface area contributed by atoms with Gasteiger partial charge in [0.15, 0.2) is 5.78 Å². The average molecular weight is 388 g/mol. The molecule has 1 N–H and O–H groups in total. The number of hydrogen-bond donors (Lipinski definition) is 1. The summed E-state index contributed by atoms with van der Waals surface area (Å²) < 4.78 is 5.14. The van der Waals surface area contributed by atoms with E-state index >= 15 is 0 Å². The fraction of sp³-hybridized carbons (Fsp3) is 0.579. The van der Waals surface area contributed by atoms with Gasteiger partial charge in [0.2, 0.25) is 0 Å². The number of halogens is 2. The summed E-state index contributed by atoms with van der Waals surface area (Å²) in [5, 5.41) is 4.02. The molecular weight excluding hydrogens is 361 g/mol. The lowest BCUT2D eigenvalue weighted by Gasteiger charge is -2.38. The predicted octanol–water partition coefficient (Wildman–Crippen LogP) is 4.42. The van der Waals surface area contributed by atoms with Crippen LogP contribution in [0, 0.1) is 0 Å². The summed E-state index contributed by atoms with van der Waals surface area (Å²) >= 11 is 6.37. The molecule has 140 valence electrons. The van der Waals surface area contributed by atoms with Gasteiger partial charge in [-0.25, -0.2) is 0 Å². The second kappa shape index (κ2) is 10.1. The van der Waals surface area contributed by atoms with E-state index in [0.29, 0.717) is 30.8 Å². The van der Waals surface area contributed by atoms with E-state index in [4.69, 9.17) is 16.3 Å². The van der Waals surface area contributed by atoms with E-state index in [-0.39, 0.29) is 30.3 Å². The lowest BCUT2D eigenvalue weighted by atomic mass is 9.75. The first-order valence-electron chi connectivity index (χ1n) is 8.68. The van der Waals surface area contributed by atoms with Gasteiger partial charge in [0.1, 0.15) is 5.54 Å². The average Bonchev–Trinajstić information content (AvgIpc) is 2.53. The van der Waals surface area contributed by atoms with Gasteiger partial charge in [-0.3, -0.25) is 9.59 Å². The number of Topliss-reactive ketones (excluding diaryl/α,β-unsaturated/α-hetero) is 1. The minimum atomic E-state index is -0.724. The summed E-state index contributed by atoms with van der Waals surface area (Å²) in [6, 6.07) is 7.52. The molecule has 2 rings (SSSR count). The second-order valence-corrected chi connectivity index (χ2v) is 6.99. The van der Waals surface area contributed by atoms with Crippen molar-refractivity contribution in [1.82, 2.24) is 5.32 Å². The van der Waals surface area contributed by atoms with E-state index in [1.165, 1.54) is 0 Å². The van der Waals surface area contributed by atoms with Gasteiger partial charge in [0, 0.05) is 17.9 Å². The highest BCUT2D eigenvalue weighted by molar-refractivity contribution is 6.31. The summed E-state index contributed by atoms with van der Waals surface area (Å²) in [7, 11) is 0. The van der Waals surface area contributed by atoms with Gasteiger partial charge in [-0.2, -0.15) is 0 Å². The largest absolute Gasteiger partial charge is 0.463 e. The van der Waals surface area contributed by atoms with Gasteiger partial charge in [-0.05, 0) is 51.3 Å². The van der Waals surface area contributed by atoms with Crippen LogP contribution in [0.3, 0.4) is 0 Å². The van der Waals surface area contributed by atoms with Crippen molar-refractivity contribution in [2.45, 2.75) is 64.0 Å². The van der Waals surface area contributed by atoms with E-state index < -0.39 is 5.54 Å². The molecule has 0 saturated heterocycles. The molecule has 6 heteroatoms. The first-order valence-corrected chi connectivity index (χ1v) is 9.06. The Balaban J connectivity index is 0.00000312. The zero-order chi connectivity index (χ0) is 17.6. The van der Waals surface area contributed by atoms with Gasteiger partial charge < -0.3 is 10.1 Å². The number of carbonyl (C=O) groups is 2. The SMILES string of the molecule is CC(C)OC(=O)CCCNC1(c2ccccc2Cl)CCCCC1=O.Cl. The van der Waals surface area contributed by atoms with Crippen molar-refractivity contribution in [3.63, 3.8) is 0 Å². The van der Waals surface area contributed by atoms with Crippen LogP contribution < -0.4 is 5.32 Å². The van der Waals surface area contributed by atoms with Crippen molar-refractivity contribution in [3.8, 4) is 0 Å². The standard InChI is InChI=1S/C19H26ClNO3.ClH/c1-14(2)24-18(23)11-7-13-21-19(12-6-5-10-17(19)22)15-8-3-4-9-16(15)20;/h3-4,8-9,14,21H,5-7,10-13H2,1-2H3;1H. The third-order valence-electron chi connectivity index (χ3n) is 4.37.